The monoisotopic (exact) mass is 363 g/mol. The van der Waals surface area contributed by atoms with Gasteiger partial charge in [0.2, 0.25) is 0 Å². The fourth-order valence-corrected chi connectivity index (χ4v) is 3.90. The van der Waals surface area contributed by atoms with Crippen molar-refractivity contribution < 1.29 is 17.9 Å². The number of esters is 1. The van der Waals surface area contributed by atoms with Crippen LogP contribution in [-0.4, -0.2) is 25.5 Å². The van der Waals surface area contributed by atoms with E-state index in [0.717, 1.165) is 44.1 Å². The molecule has 0 saturated heterocycles. The van der Waals surface area contributed by atoms with Crippen molar-refractivity contribution >= 4 is 16.0 Å². The van der Waals surface area contributed by atoms with Crippen LogP contribution in [0, 0.1) is 0 Å². The van der Waals surface area contributed by atoms with Crippen LogP contribution in [-0.2, 0) is 26.0 Å². The Hall–Kier alpha value is -2.08. The van der Waals surface area contributed by atoms with Crippen LogP contribution >= 0.6 is 0 Å². The Balaban J connectivity index is 1.76. The lowest BCUT2D eigenvalue weighted by Crippen LogP contribution is -2.10. The third kappa shape index (κ3) is 5.74. The first-order chi connectivity index (χ1) is 12.0. The Morgan fingerprint density at radius 1 is 1.00 bits per heavy atom. The molecule has 0 bridgehead atoms. The van der Waals surface area contributed by atoms with E-state index in [1.807, 2.05) is 6.07 Å². The van der Waals surface area contributed by atoms with Crippen molar-refractivity contribution in [3.05, 3.63) is 54.4 Å². The zero-order valence-corrected chi connectivity index (χ0v) is 15.4. The SMILES string of the molecule is COC(=O)CCCCCCCc1ccn(S(=O)(=O)c2ccccc2)c1. The van der Waals surface area contributed by atoms with Crippen LogP contribution in [0.2, 0.25) is 0 Å². The van der Waals surface area contributed by atoms with Crippen LogP contribution in [0.15, 0.2) is 53.7 Å². The van der Waals surface area contributed by atoms with Gasteiger partial charge in [-0.25, -0.2) is 12.4 Å². The molecular formula is C19H25NO4S. The molecule has 0 aliphatic carbocycles. The van der Waals surface area contributed by atoms with E-state index in [4.69, 9.17) is 0 Å². The second kappa shape index (κ2) is 9.42. The highest BCUT2D eigenvalue weighted by atomic mass is 32.2. The van der Waals surface area contributed by atoms with Crippen molar-refractivity contribution in [2.75, 3.05) is 7.11 Å². The molecule has 0 fully saturated rings. The lowest BCUT2D eigenvalue weighted by Gasteiger charge is -2.05. The molecule has 6 heteroatoms. The minimum Gasteiger partial charge on any atom is -0.469 e. The van der Waals surface area contributed by atoms with Crippen molar-refractivity contribution in [2.24, 2.45) is 0 Å². The average Bonchev–Trinajstić information content (AvgIpc) is 3.11. The highest BCUT2D eigenvalue weighted by molar-refractivity contribution is 7.90. The van der Waals surface area contributed by atoms with E-state index < -0.39 is 10.0 Å². The summed E-state index contributed by atoms with van der Waals surface area (Å²) in [5.74, 6) is -0.152. The number of nitrogens with zero attached hydrogens (tertiary/aromatic N) is 1. The summed E-state index contributed by atoms with van der Waals surface area (Å²) in [5.41, 5.74) is 1.02. The van der Waals surface area contributed by atoms with Crippen LogP contribution in [0.25, 0.3) is 0 Å². The molecule has 0 aliphatic rings. The summed E-state index contributed by atoms with van der Waals surface area (Å²) < 4.78 is 30.9. The van der Waals surface area contributed by atoms with E-state index in [-0.39, 0.29) is 5.97 Å². The molecule has 1 aromatic heterocycles. The third-order valence-electron chi connectivity index (χ3n) is 4.12. The van der Waals surface area contributed by atoms with Crippen molar-refractivity contribution in [1.29, 1.82) is 0 Å². The van der Waals surface area contributed by atoms with Crippen molar-refractivity contribution in [3.8, 4) is 0 Å². The Morgan fingerprint density at radius 3 is 2.40 bits per heavy atom. The first kappa shape index (κ1) is 19.2. The molecule has 0 radical (unpaired) electrons. The number of hydrogen-bond acceptors (Lipinski definition) is 4. The molecule has 25 heavy (non-hydrogen) atoms. The maximum absolute atomic E-state index is 12.5. The van der Waals surface area contributed by atoms with Gasteiger partial charge in [-0.3, -0.25) is 4.79 Å². The van der Waals surface area contributed by atoms with Gasteiger partial charge in [0.15, 0.2) is 0 Å². The smallest absolute Gasteiger partial charge is 0.305 e. The fraction of sp³-hybridized carbons (Fsp3) is 0.421. The van der Waals surface area contributed by atoms with Gasteiger partial charge in [-0.05, 0) is 43.0 Å². The van der Waals surface area contributed by atoms with E-state index in [1.54, 1.807) is 42.7 Å². The number of hydrogen-bond donors (Lipinski definition) is 0. The molecule has 2 rings (SSSR count). The van der Waals surface area contributed by atoms with E-state index in [9.17, 15) is 13.2 Å². The van der Waals surface area contributed by atoms with Gasteiger partial charge in [-0.1, -0.05) is 37.5 Å². The summed E-state index contributed by atoms with van der Waals surface area (Å²) in [6.07, 6.45) is 9.65. The molecule has 5 nitrogen and oxygen atoms in total. The van der Waals surface area contributed by atoms with Crippen LogP contribution in [0.4, 0.5) is 0 Å². The van der Waals surface area contributed by atoms with Gasteiger partial charge in [0.25, 0.3) is 10.0 Å². The zero-order chi connectivity index (χ0) is 18.1. The number of carbonyl (C=O) groups is 1. The van der Waals surface area contributed by atoms with Crippen molar-refractivity contribution in [1.82, 2.24) is 3.97 Å². The molecule has 0 saturated carbocycles. The fourth-order valence-electron chi connectivity index (χ4n) is 2.66. The largest absolute Gasteiger partial charge is 0.469 e. The second-order valence-corrected chi connectivity index (χ2v) is 7.85. The molecule has 0 amide bonds. The van der Waals surface area contributed by atoms with E-state index in [1.165, 1.54) is 11.1 Å². The van der Waals surface area contributed by atoms with Crippen LogP contribution in [0.1, 0.15) is 44.1 Å². The zero-order valence-electron chi connectivity index (χ0n) is 14.6. The minimum atomic E-state index is -3.50. The molecule has 0 aliphatic heterocycles. The summed E-state index contributed by atoms with van der Waals surface area (Å²) in [6, 6.07) is 10.3. The second-order valence-electron chi connectivity index (χ2n) is 6.01. The number of rotatable bonds is 10. The number of ether oxygens (including phenoxy) is 1. The molecular weight excluding hydrogens is 338 g/mol. The Kier molecular flexibility index (Phi) is 7.25. The van der Waals surface area contributed by atoms with Gasteiger partial charge >= 0.3 is 5.97 Å². The van der Waals surface area contributed by atoms with Crippen molar-refractivity contribution in [3.63, 3.8) is 0 Å². The predicted octanol–water partition coefficient (Wildman–Crippen LogP) is 3.78. The summed E-state index contributed by atoms with van der Waals surface area (Å²) in [7, 11) is -2.09. The lowest BCUT2D eigenvalue weighted by molar-refractivity contribution is -0.140. The quantitative estimate of drug-likeness (QED) is 0.476. The number of methoxy groups -OCH3 is 1. The average molecular weight is 363 g/mol. The van der Waals surface area contributed by atoms with Crippen LogP contribution in [0.3, 0.4) is 0 Å². The highest BCUT2D eigenvalue weighted by Crippen LogP contribution is 2.16. The normalized spacial score (nSPS) is 11.4. The first-order valence-corrected chi connectivity index (χ1v) is 10.0. The molecule has 1 heterocycles. The predicted molar refractivity (Wildman–Crippen MR) is 96.9 cm³/mol. The molecule has 0 N–H and O–H groups in total. The number of aromatic nitrogens is 1. The maximum atomic E-state index is 12.5. The first-order valence-electron chi connectivity index (χ1n) is 8.58. The molecule has 2 aromatic rings. The van der Waals surface area contributed by atoms with Gasteiger partial charge in [-0.15, -0.1) is 0 Å². The van der Waals surface area contributed by atoms with Gasteiger partial charge < -0.3 is 4.74 Å². The summed E-state index contributed by atoms with van der Waals surface area (Å²) in [5, 5.41) is 0. The molecule has 136 valence electrons. The van der Waals surface area contributed by atoms with Gasteiger partial charge in [-0.2, -0.15) is 0 Å². The van der Waals surface area contributed by atoms with E-state index >= 15 is 0 Å². The van der Waals surface area contributed by atoms with E-state index in [0.29, 0.717) is 11.3 Å². The summed E-state index contributed by atoms with van der Waals surface area (Å²) >= 11 is 0. The Morgan fingerprint density at radius 2 is 1.68 bits per heavy atom. The minimum absolute atomic E-state index is 0.152. The van der Waals surface area contributed by atoms with Crippen molar-refractivity contribution in [2.45, 2.75) is 49.8 Å². The molecule has 1 aromatic carbocycles. The topological polar surface area (TPSA) is 65.4 Å². The number of benzene rings is 1. The van der Waals surface area contributed by atoms with Gasteiger partial charge in [0.05, 0.1) is 12.0 Å². The van der Waals surface area contributed by atoms with Gasteiger partial charge in [0, 0.05) is 18.8 Å². The standard InChI is InChI=1S/C19H25NO4S/c1-24-19(21)13-9-4-2-3-6-10-17-14-15-20(16-17)25(22,23)18-11-7-5-8-12-18/h5,7-8,11-12,14-16H,2-4,6,9-10,13H2,1H3. The third-order valence-corrected chi connectivity index (χ3v) is 5.77. The Bertz CT molecular complexity index is 766. The van der Waals surface area contributed by atoms with Crippen LogP contribution in [0.5, 0.6) is 0 Å². The molecule has 0 atom stereocenters. The summed E-state index contributed by atoms with van der Waals surface area (Å²) in [4.78, 5) is 11.3. The number of carbonyl (C=O) groups excluding carboxylic acids is 1. The molecule has 0 unspecified atom stereocenters. The number of unbranched alkanes of at least 4 members (excludes halogenated alkanes) is 4. The maximum Gasteiger partial charge on any atom is 0.305 e. The molecule has 0 spiro atoms. The highest BCUT2D eigenvalue weighted by Gasteiger charge is 2.15. The Labute approximate surface area is 149 Å². The van der Waals surface area contributed by atoms with E-state index in [2.05, 4.69) is 4.74 Å². The number of aryl methyl sites for hydroxylation is 1. The van der Waals surface area contributed by atoms with Gasteiger partial charge in [0.1, 0.15) is 0 Å². The lowest BCUT2D eigenvalue weighted by atomic mass is 10.1. The van der Waals surface area contributed by atoms with Crippen LogP contribution < -0.4 is 0 Å². The summed E-state index contributed by atoms with van der Waals surface area (Å²) in [6.45, 7) is 0.